The second-order valence-corrected chi connectivity index (χ2v) is 5.56. The maximum absolute atomic E-state index is 9.59. The number of hydrogen-bond acceptors (Lipinski definition) is 5. The first kappa shape index (κ1) is 12.3. The van der Waals surface area contributed by atoms with Gasteiger partial charge < -0.3 is 5.11 Å². The van der Waals surface area contributed by atoms with E-state index in [0.29, 0.717) is 17.3 Å². The van der Waals surface area contributed by atoms with Crippen molar-refractivity contribution >= 4 is 16.3 Å². The van der Waals surface area contributed by atoms with Crippen LogP contribution in [-0.2, 0) is 6.61 Å². The molecule has 0 saturated heterocycles. The number of pyridine rings is 1. The smallest absolute Gasteiger partial charge is 0.213 e. The molecule has 0 aliphatic heterocycles. The zero-order valence-corrected chi connectivity index (χ0v) is 11.6. The van der Waals surface area contributed by atoms with Gasteiger partial charge in [0.25, 0.3) is 0 Å². The molecule has 19 heavy (non-hydrogen) atoms. The van der Waals surface area contributed by atoms with Gasteiger partial charge in [0.15, 0.2) is 0 Å². The Hall–Kier alpha value is -1.79. The van der Waals surface area contributed by atoms with E-state index in [2.05, 4.69) is 28.9 Å². The highest BCUT2D eigenvalue weighted by atomic mass is 32.1. The van der Waals surface area contributed by atoms with E-state index in [1.165, 1.54) is 0 Å². The van der Waals surface area contributed by atoms with E-state index in [1.54, 1.807) is 22.0 Å². The predicted molar refractivity (Wildman–Crippen MR) is 74.1 cm³/mol. The molecule has 0 amide bonds. The fourth-order valence-corrected chi connectivity index (χ4v) is 2.81. The van der Waals surface area contributed by atoms with Crippen LogP contribution in [0, 0.1) is 0 Å². The molecule has 0 bridgehead atoms. The summed E-state index contributed by atoms with van der Waals surface area (Å²) in [6.45, 7) is 4.08. The second-order valence-electron chi connectivity index (χ2n) is 4.57. The van der Waals surface area contributed by atoms with E-state index in [4.69, 9.17) is 0 Å². The van der Waals surface area contributed by atoms with Gasteiger partial charge in [-0.2, -0.15) is 5.10 Å². The van der Waals surface area contributed by atoms with Gasteiger partial charge in [0.2, 0.25) is 4.96 Å². The average molecular weight is 274 g/mol. The van der Waals surface area contributed by atoms with E-state index in [1.807, 2.05) is 18.2 Å². The first-order valence-corrected chi connectivity index (χ1v) is 6.93. The van der Waals surface area contributed by atoms with Crippen LogP contribution in [0.1, 0.15) is 30.5 Å². The highest BCUT2D eigenvalue weighted by molar-refractivity contribution is 7.16. The van der Waals surface area contributed by atoms with Crippen LogP contribution in [0.5, 0.6) is 0 Å². The zero-order valence-electron chi connectivity index (χ0n) is 10.7. The second kappa shape index (κ2) is 4.71. The third-order valence-corrected chi connectivity index (χ3v) is 4.07. The average Bonchev–Trinajstić information content (AvgIpc) is 2.96. The SMILES string of the molecule is CC(C)c1nn2c(CO)c(-c3ccccn3)nc2s1. The summed E-state index contributed by atoms with van der Waals surface area (Å²) in [4.78, 5) is 9.63. The Morgan fingerprint density at radius 3 is 2.84 bits per heavy atom. The molecule has 0 aromatic carbocycles. The van der Waals surface area contributed by atoms with Crippen LogP contribution >= 0.6 is 11.3 Å². The monoisotopic (exact) mass is 274 g/mol. The van der Waals surface area contributed by atoms with Crippen molar-refractivity contribution in [2.75, 3.05) is 0 Å². The van der Waals surface area contributed by atoms with Crippen LogP contribution in [0.25, 0.3) is 16.3 Å². The number of nitrogens with zero attached hydrogens (tertiary/aromatic N) is 4. The molecule has 6 heteroatoms. The highest BCUT2D eigenvalue weighted by Crippen LogP contribution is 2.28. The Labute approximate surface area is 114 Å². The summed E-state index contributed by atoms with van der Waals surface area (Å²) in [6, 6.07) is 5.65. The number of aromatic nitrogens is 4. The van der Waals surface area contributed by atoms with Gasteiger partial charge in [-0.25, -0.2) is 9.50 Å². The Kier molecular flexibility index (Phi) is 3.04. The predicted octanol–water partition coefficient (Wildman–Crippen LogP) is 2.47. The number of aliphatic hydroxyl groups is 1. The lowest BCUT2D eigenvalue weighted by molar-refractivity contribution is 0.274. The largest absolute Gasteiger partial charge is 0.390 e. The Bertz CT molecular complexity index is 702. The number of imidazole rings is 1. The van der Waals surface area contributed by atoms with Gasteiger partial charge in [0.1, 0.15) is 10.7 Å². The van der Waals surface area contributed by atoms with Crippen molar-refractivity contribution in [3.63, 3.8) is 0 Å². The molecule has 5 nitrogen and oxygen atoms in total. The van der Waals surface area contributed by atoms with Gasteiger partial charge in [0.05, 0.1) is 18.0 Å². The van der Waals surface area contributed by atoms with Gasteiger partial charge in [0, 0.05) is 12.1 Å². The van der Waals surface area contributed by atoms with Crippen LogP contribution < -0.4 is 0 Å². The van der Waals surface area contributed by atoms with Crippen molar-refractivity contribution in [1.29, 1.82) is 0 Å². The maximum Gasteiger partial charge on any atom is 0.213 e. The van der Waals surface area contributed by atoms with Gasteiger partial charge in [-0.15, -0.1) is 0 Å². The summed E-state index contributed by atoms with van der Waals surface area (Å²) in [5.74, 6) is 0.358. The summed E-state index contributed by atoms with van der Waals surface area (Å²) in [5.41, 5.74) is 2.16. The minimum Gasteiger partial charge on any atom is -0.390 e. The summed E-state index contributed by atoms with van der Waals surface area (Å²) in [5, 5.41) is 15.1. The standard InChI is InChI=1S/C13H14N4OS/c1-8(2)12-16-17-10(7-18)11(15-13(17)19-12)9-5-3-4-6-14-9/h3-6,8,18H,7H2,1-2H3. The van der Waals surface area contributed by atoms with Gasteiger partial charge in [-0.1, -0.05) is 31.3 Å². The number of rotatable bonds is 3. The molecule has 0 atom stereocenters. The molecule has 0 fully saturated rings. The van der Waals surface area contributed by atoms with E-state index < -0.39 is 0 Å². The van der Waals surface area contributed by atoms with Crippen molar-refractivity contribution in [1.82, 2.24) is 19.6 Å². The molecule has 98 valence electrons. The van der Waals surface area contributed by atoms with Gasteiger partial charge in [-0.3, -0.25) is 4.98 Å². The fraction of sp³-hybridized carbons (Fsp3) is 0.308. The summed E-state index contributed by atoms with van der Waals surface area (Å²) >= 11 is 1.55. The normalized spacial score (nSPS) is 11.6. The third kappa shape index (κ3) is 2.02. The van der Waals surface area contributed by atoms with Crippen molar-refractivity contribution in [2.45, 2.75) is 26.4 Å². The Morgan fingerprint density at radius 1 is 1.37 bits per heavy atom. The molecule has 0 saturated carbocycles. The highest BCUT2D eigenvalue weighted by Gasteiger charge is 2.18. The molecular formula is C13H14N4OS. The van der Waals surface area contributed by atoms with Crippen molar-refractivity contribution in [3.8, 4) is 11.4 Å². The molecule has 3 aromatic heterocycles. The van der Waals surface area contributed by atoms with E-state index >= 15 is 0 Å². The summed E-state index contributed by atoms with van der Waals surface area (Å²) < 4.78 is 1.73. The molecule has 0 radical (unpaired) electrons. The minimum absolute atomic E-state index is 0.103. The maximum atomic E-state index is 9.59. The van der Waals surface area contributed by atoms with Crippen molar-refractivity contribution in [2.24, 2.45) is 0 Å². The first-order chi connectivity index (χ1) is 9.20. The molecule has 1 N–H and O–H groups in total. The van der Waals surface area contributed by atoms with Crippen molar-refractivity contribution in [3.05, 3.63) is 35.1 Å². The Balaban J connectivity index is 2.19. The molecule has 3 rings (SSSR count). The zero-order chi connectivity index (χ0) is 13.4. The van der Waals surface area contributed by atoms with Gasteiger partial charge in [-0.05, 0) is 12.1 Å². The lowest BCUT2D eigenvalue weighted by Crippen LogP contribution is -1.98. The molecule has 0 aliphatic carbocycles. The quantitative estimate of drug-likeness (QED) is 0.797. The summed E-state index contributed by atoms with van der Waals surface area (Å²) in [6.07, 6.45) is 1.72. The van der Waals surface area contributed by atoms with Crippen LogP contribution in [-0.4, -0.2) is 24.7 Å². The van der Waals surface area contributed by atoms with Crippen LogP contribution in [0.4, 0.5) is 0 Å². The van der Waals surface area contributed by atoms with Crippen LogP contribution in [0.3, 0.4) is 0 Å². The lowest BCUT2D eigenvalue weighted by atomic mass is 10.2. The number of hydrogen-bond donors (Lipinski definition) is 1. The van der Waals surface area contributed by atoms with E-state index in [9.17, 15) is 5.11 Å². The topological polar surface area (TPSA) is 63.3 Å². The van der Waals surface area contributed by atoms with E-state index in [0.717, 1.165) is 15.7 Å². The Morgan fingerprint density at radius 2 is 2.21 bits per heavy atom. The minimum atomic E-state index is -0.103. The first-order valence-electron chi connectivity index (χ1n) is 6.11. The number of fused-ring (bicyclic) bond motifs is 1. The molecule has 0 spiro atoms. The molecular weight excluding hydrogens is 260 g/mol. The third-order valence-electron chi connectivity index (χ3n) is 2.86. The van der Waals surface area contributed by atoms with Crippen molar-refractivity contribution < 1.29 is 5.11 Å². The molecule has 0 aliphatic rings. The molecule has 0 unspecified atom stereocenters. The van der Waals surface area contributed by atoms with E-state index in [-0.39, 0.29) is 6.61 Å². The van der Waals surface area contributed by atoms with Gasteiger partial charge >= 0.3 is 0 Å². The van der Waals surface area contributed by atoms with Crippen LogP contribution in [0.2, 0.25) is 0 Å². The molecule has 3 aromatic rings. The summed E-state index contributed by atoms with van der Waals surface area (Å²) in [7, 11) is 0. The fourth-order valence-electron chi connectivity index (χ4n) is 1.89. The molecule has 3 heterocycles. The lowest BCUT2D eigenvalue weighted by Gasteiger charge is -2.00. The van der Waals surface area contributed by atoms with Crippen LogP contribution in [0.15, 0.2) is 24.4 Å². The number of aliphatic hydroxyl groups excluding tert-OH is 1.